The lowest BCUT2D eigenvalue weighted by molar-refractivity contribution is -0.112. The highest BCUT2D eigenvalue weighted by Gasteiger charge is 2.12. The van der Waals surface area contributed by atoms with Gasteiger partial charge in [0.25, 0.3) is 5.91 Å². The second-order valence-electron chi connectivity index (χ2n) is 5.99. The van der Waals surface area contributed by atoms with Gasteiger partial charge in [-0.2, -0.15) is 0 Å². The molecule has 0 unspecified atom stereocenters. The van der Waals surface area contributed by atoms with Gasteiger partial charge in [0.05, 0.1) is 20.4 Å². The van der Waals surface area contributed by atoms with Crippen LogP contribution in [-0.4, -0.2) is 30.1 Å². The van der Waals surface area contributed by atoms with E-state index >= 15 is 0 Å². The van der Waals surface area contributed by atoms with Gasteiger partial charge in [0.15, 0.2) is 17.1 Å². The Morgan fingerprint density at radius 1 is 1.14 bits per heavy atom. The van der Waals surface area contributed by atoms with E-state index in [4.69, 9.17) is 13.9 Å². The van der Waals surface area contributed by atoms with E-state index in [-0.39, 0.29) is 11.5 Å². The molecule has 0 fully saturated rings. The van der Waals surface area contributed by atoms with Gasteiger partial charge in [-0.3, -0.25) is 9.78 Å². The lowest BCUT2D eigenvalue weighted by Gasteiger charge is -2.10. The summed E-state index contributed by atoms with van der Waals surface area (Å²) in [5, 5.41) is 2.79. The molecular weight excluding hydrogens is 370 g/mol. The van der Waals surface area contributed by atoms with E-state index in [1.807, 2.05) is 19.1 Å². The highest BCUT2D eigenvalue weighted by Crippen LogP contribution is 2.25. The van der Waals surface area contributed by atoms with Crippen LogP contribution in [-0.2, 0) is 14.3 Å². The van der Waals surface area contributed by atoms with E-state index in [1.165, 1.54) is 20.3 Å². The summed E-state index contributed by atoms with van der Waals surface area (Å²) in [6, 6.07) is 8.92. The van der Waals surface area contributed by atoms with Crippen molar-refractivity contribution in [2.45, 2.75) is 6.92 Å². The summed E-state index contributed by atoms with van der Waals surface area (Å²) in [6.45, 7) is 5.61. The summed E-state index contributed by atoms with van der Waals surface area (Å²) in [5.74, 6) is 1.06. The lowest BCUT2D eigenvalue weighted by atomic mass is 10.2. The number of ether oxygens (including phenoxy) is 2. The fraction of sp³-hybridized carbons (Fsp3) is 0.136. The second kappa shape index (κ2) is 8.88. The molecule has 0 saturated carbocycles. The molecule has 2 aromatic heterocycles. The van der Waals surface area contributed by atoms with Crippen molar-refractivity contribution in [3.05, 3.63) is 78.5 Å². The molecule has 0 spiro atoms. The number of nitrogens with one attached hydrogen (secondary N) is 1. The standard InChI is InChI=1S/C22H21N3O4/c1-5-18(27-3)20(28-4)12-14(2)21(26)24-16-8-6-15(7-9-16)22-25-17-13-23-11-10-19(17)29-22/h5-13H,2H2,1,3-4H3,(H,24,26)/b18-5+,20-12+. The smallest absolute Gasteiger partial charge is 0.255 e. The van der Waals surface area contributed by atoms with E-state index in [0.717, 1.165) is 5.56 Å². The monoisotopic (exact) mass is 391 g/mol. The molecule has 7 nitrogen and oxygen atoms in total. The number of rotatable bonds is 7. The minimum atomic E-state index is -0.355. The molecule has 1 aromatic carbocycles. The molecule has 29 heavy (non-hydrogen) atoms. The number of anilines is 1. The molecule has 0 atom stereocenters. The number of amides is 1. The molecule has 148 valence electrons. The summed E-state index contributed by atoms with van der Waals surface area (Å²) >= 11 is 0. The predicted molar refractivity (Wildman–Crippen MR) is 111 cm³/mol. The maximum Gasteiger partial charge on any atom is 0.255 e. The van der Waals surface area contributed by atoms with E-state index < -0.39 is 0 Å². The van der Waals surface area contributed by atoms with Crippen LogP contribution in [0.1, 0.15) is 6.92 Å². The third-order valence-corrected chi connectivity index (χ3v) is 4.12. The summed E-state index contributed by atoms with van der Waals surface area (Å²) in [5.41, 5.74) is 2.99. The number of methoxy groups -OCH3 is 2. The minimum absolute atomic E-state index is 0.230. The molecule has 0 aliphatic carbocycles. The van der Waals surface area contributed by atoms with E-state index in [2.05, 4.69) is 21.9 Å². The number of nitrogens with zero attached hydrogens (tertiary/aromatic N) is 2. The summed E-state index contributed by atoms with van der Waals surface area (Å²) < 4.78 is 16.2. The number of oxazole rings is 1. The summed E-state index contributed by atoms with van der Waals surface area (Å²) in [6.07, 6.45) is 6.56. The van der Waals surface area contributed by atoms with Crippen LogP contribution in [0.3, 0.4) is 0 Å². The van der Waals surface area contributed by atoms with Crippen LogP contribution in [0.5, 0.6) is 0 Å². The number of pyridine rings is 1. The lowest BCUT2D eigenvalue weighted by Crippen LogP contribution is -2.13. The average molecular weight is 391 g/mol. The Balaban J connectivity index is 1.72. The van der Waals surface area contributed by atoms with Gasteiger partial charge in [-0.25, -0.2) is 4.98 Å². The quantitative estimate of drug-likeness (QED) is 0.363. The van der Waals surface area contributed by atoms with E-state index in [9.17, 15) is 4.79 Å². The Bertz CT molecular complexity index is 1060. The molecular formula is C22H21N3O4. The Hall–Kier alpha value is -3.87. The Labute approximate surface area is 168 Å². The number of fused-ring (bicyclic) bond motifs is 1. The maximum atomic E-state index is 12.4. The van der Waals surface area contributed by atoms with Crippen LogP contribution in [0.15, 0.2) is 83.0 Å². The van der Waals surface area contributed by atoms with Crippen LogP contribution >= 0.6 is 0 Å². The number of carbonyl (C=O) groups excluding carboxylic acids is 1. The SMILES string of the molecule is C=C(/C=C(OC)\C(=C/C)OC)C(=O)Nc1ccc(-c2nc3cnccc3o2)cc1. The Kier molecular flexibility index (Phi) is 6.09. The number of allylic oxidation sites excluding steroid dienone is 1. The first-order valence-electron chi connectivity index (χ1n) is 8.83. The van der Waals surface area contributed by atoms with Crippen molar-refractivity contribution in [1.82, 2.24) is 9.97 Å². The zero-order chi connectivity index (χ0) is 20.8. The molecule has 1 N–H and O–H groups in total. The number of hydrogen-bond donors (Lipinski definition) is 1. The number of aromatic nitrogens is 2. The Morgan fingerprint density at radius 3 is 2.48 bits per heavy atom. The van der Waals surface area contributed by atoms with Crippen LogP contribution in [0.2, 0.25) is 0 Å². The normalized spacial score (nSPS) is 12.0. The minimum Gasteiger partial charge on any atom is -0.493 e. The molecule has 0 bridgehead atoms. The maximum absolute atomic E-state index is 12.4. The molecule has 0 aliphatic heterocycles. The molecule has 2 heterocycles. The largest absolute Gasteiger partial charge is 0.493 e. The molecule has 7 heteroatoms. The molecule has 0 radical (unpaired) electrons. The van der Waals surface area contributed by atoms with Crippen molar-refractivity contribution in [1.29, 1.82) is 0 Å². The molecule has 3 aromatic rings. The van der Waals surface area contributed by atoms with Gasteiger partial charge in [0.2, 0.25) is 5.89 Å². The van der Waals surface area contributed by atoms with Gasteiger partial charge in [-0.05, 0) is 43.3 Å². The first-order valence-corrected chi connectivity index (χ1v) is 8.83. The molecule has 1 amide bonds. The van der Waals surface area contributed by atoms with Crippen molar-refractivity contribution >= 4 is 22.7 Å². The average Bonchev–Trinajstić information content (AvgIpc) is 3.18. The van der Waals surface area contributed by atoms with Crippen LogP contribution in [0, 0.1) is 0 Å². The van der Waals surface area contributed by atoms with Crippen LogP contribution < -0.4 is 5.32 Å². The van der Waals surface area contributed by atoms with Crippen molar-refractivity contribution in [2.75, 3.05) is 19.5 Å². The van der Waals surface area contributed by atoms with Crippen LogP contribution in [0.4, 0.5) is 5.69 Å². The van der Waals surface area contributed by atoms with Crippen molar-refractivity contribution < 1.29 is 18.7 Å². The van der Waals surface area contributed by atoms with E-state index in [0.29, 0.717) is 34.2 Å². The van der Waals surface area contributed by atoms with Crippen molar-refractivity contribution in [3.63, 3.8) is 0 Å². The number of carbonyl (C=O) groups is 1. The zero-order valence-corrected chi connectivity index (χ0v) is 16.4. The molecule has 0 aliphatic rings. The van der Waals surface area contributed by atoms with Crippen molar-refractivity contribution in [3.8, 4) is 11.5 Å². The number of benzene rings is 1. The van der Waals surface area contributed by atoms with Gasteiger partial charge in [-0.15, -0.1) is 0 Å². The zero-order valence-electron chi connectivity index (χ0n) is 16.4. The highest BCUT2D eigenvalue weighted by molar-refractivity contribution is 6.05. The van der Waals surface area contributed by atoms with Gasteiger partial charge >= 0.3 is 0 Å². The highest BCUT2D eigenvalue weighted by atomic mass is 16.5. The second-order valence-corrected chi connectivity index (χ2v) is 5.99. The molecule has 0 saturated heterocycles. The predicted octanol–water partition coefficient (Wildman–Crippen LogP) is 4.47. The summed E-state index contributed by atoms with van der Waals surface area (Å²) in [4.78, 5) is 20.9. The number of hydrogen-bond acceptors (Lipinski definition) is 6. The first-order chi connectivity index (χ1) is 14.0. The fourth-order valence-electron chi connectivity index (χ4n) is 2.63. The Morgan fingerprint density at radius 2 is 1.86 bits per heavy atom. The first kappa shape index (κ1) is 19.9. The fourth-order valence-corrected chi connectivity index (χ4v) is 2.63. The van der Waals surface area contributed by atoms with Gasteiger partial charge < -0.3 is 19.2 Å². The topological polar surface area (TPSA) is 86.5 Å². The van der Waals surface area contributed by atoms with Crippen LogP contribution in [0.25, 0.3) is 22.6 Å². The van der Waals surface area contributed by atoms with E-state index in [1.54, 1.807) is 36.7 Å². The van der Waals surface area contributed by atoms with Gasteiger partial charge in [0.1, 0.15) is 5.52 Å². The van der Waals surface area contributed by atoms with Gasteiger partial charge in [0, 0.05) is 29.1 Å². The van der Waals surface area contributed by atoms with Gasteiger partial charge in [-0.1, -0.05) is 6.58 Å². The summed E-state index contributed by atoms with van der Waals surface area (Å²) in [7, 11) is 3.03. The molecule has 3 rings (SSSR count). The third kappa shape index (κ3) is 4.52. The van der Waals surface area contributed by atoms with Crippen molar-refractivity contribution in [2.24, 2.45) is 0 Å². The third-order valence-electron chi connectivity index (χ3n) is 4.12.